The van der Waals surface area contributed by atoms with E-state index in [-0.39, 0.29) is 17.0 Å². The van der Waals surface area contributed by atoms with Crippen molar-refractivity contribution < 1.29 is 27.4 Å². The molecule has 26 heavy (non-hydrogen) atoms. The third-order valence-corrected chi connectivity index (χ3v) is 3.23. The van der Waals surface area contributed by atoms with Gasteiger partial charge in [0.2, 0.25) is 0 Å². The molecule has 136 valence electrons. The number of benzene rings is 1. The number of methoxy groups -OCH3 is 1. The molecule has 2 rings (SSSR count). The number of pyridine rings is 1. The lowest BCUT2D eigenvalue weighted by atomic mass is 10.2. The second-order valence-corrected chi connectivity index (χ2v) is 5.10. The largest absolute Gasteiger partial charge is 0.497 e. The van der Waals surface area contributed by atoms with Gasteiger partial charge < -0.3 is 14.4 Å². The van der Waals surface area contributed by atoms with E-state index in [2.05, 4.69) is 4.98 Å². The maximum atomic E-state index is 12.9. The van der Waals surface area contributed by atoms with Gasteiger partial charge in [0.05, 0.1) is 18.9 Å². The Bertz CT molecular complexity index is 801. The summed E-state index contributed by atoms with van der Waals surface area (Å²) in [6, 6.07) is 8.78. The van der Waals surface area contributed by atoms with Gasteiger partial charge in [-0.1, -0.05) is 0 Å². The standard InChI is InChI=1S/C17H14F3N3O3/c1-25-14-4-2-13(3-5-14)23(11-17(18,19)20)16(24)10-26-15-6-12(7-21)8-22-9-15/h2-6,8-9H,10-11H2,1H3. The highest BCUT2D eigenvalue weighted by atomic mass is 19.4. The first-order chi connectivity index (χ1) is 12.3. The molecule has 0 atom stereocenters. The molecule has 6 nitrogen and oxygen atoms in total. The van der Waals surface area contributed by atoms with E-state index in [0.29, 0.717) is 10.6 Å². The summed E-state index contributed by atoms with van der Waals surface area (Å²) in [6.07, 6.45) is -2.03. The highest BCUT2D eigenvalue weighted by Crippen LogP contribution is 2.24. The lowest BCUT2D eigenvalue weighted by Crippen LogP contribution is -2.41. The number of alkyl halides is 3. The van der Waals surface area contributed by atoms with Gasteiger partial charge in [0.15, 0.2) is 6.61 Å². The van der Waals surface area contributed by atoms with Crippen molar-refractivity contribution >= 4 is 11.6 Å². The molecular weight excluding hydrogens is 351 g/mol. The smallest absolute Gasteiger partial charge is 0.406 e. The summed E-state index contributed by atoms with van der Waals surface area (Å²) in [7, 11) is 1.42. The van der Waals surface area contributed by atoms with Crippen molar-refractivity contribution in [1.29, 1.82) is 5.26 Å². The average molecular weight is 365 g/mol. The number of rotatable bonds is 6. The van der Waals surface area contributed by atoms with Crippen LogP contribution in [0.15, 0.2) is 42.7 Å². The first kappa shape index (κ1) is 19.1. The number of ether oxygens (including phenoxy) is 2. The van der Waals surface area contributed by atoms with Crippen molar-refractivity contribution in [3.63, 3.8) is 0 Å². The molecular formula is C17H14F3N3O3. The lowest BCUT2D eigenvalue weighted by molar-refractivity contribution is -0.133. The van der Waals surface area contributed by atoms with Crippen molar-refractivity contribution in [3.8, 4) is 17.6 Å². The molecule has 0 spiro atoms. The second-order valence-electron chi connectivity index (χ2n) is 5.10. The van der Waals surface area contributed by atoms with E-state index in [4.69, 9.17) is 14.7 Å². The van der Waals surface area contributed by atoms with Gasteiger partial charge in [-0.25, -0.2) is 0 Å². The Labute approximate surface area is 147 Å². The van der Waals surface area contributed by atoms with Gasteiger partial charge in [0, 0.05) is 18.0 Å². The number of nitrogens with zero attached hydrogens (tertiary/aromatic N) is 3. The summed E-state index contributed by atoms with van der Waals surface area (Å²) in [4.78, 5) is 16.6. The molecule has 1 aromatic heterocycles. The van der Waals surface area contributed by atoms with E-state index >= 15 is 0 Å². The number of aromatic nitrogens is 1. The maximum absolute atomic E-state index is 12.9. The molecule has 0 fully saturated rings. The highest BCUT2D eigenvalue weighted by Gasteiger charge is 2.34. The zero-order valence-electron chi connectivity index (χ0n) is 13.7. The van der Waals surface area contributed by atoms with Crippen LogP contribution in [0.1, 0.15) is 5.56 Å². The highest BCUT2D eigenvalue weighted by molar-refractivity contribution is 5.94. The van der Waals surface area contributed by atoms with Crippen LogP contribution in [0, 0.1) is 11.3 Å². The molecule has 0 saturated heterocycles. The Hall–Kier alpha value is -3.28. The van der Waals surface area contributed by atoms with E-state index < -0.39 is 25.2 Å². The van der Waals surface area contributed by atoms with E-state index in [0.717, 1.165) is 0 Å². The van der Waals surface area contributed by atoms with Gasteiger partial charge in [-0.15, -0.1) is 0 Å². The predicted octanol–water partition coefficient (Wildman–Crippen LogP) is 2.94. The Balaban J connectivity index is 2.15. The quantitative estimate of drug-likeness (QED) is 0.787. The van der Waals surface area contributed by atoms with Crippen molar-refractivity contribution in [2.75, 3.05) is 25.2 Å². The Kier molecular flexibility index (Phi) is 6.01. The Morgan fingerprint density at radius 3 is 2.50 bits per heavy atom. The summed E-state index contributed by atoms with van der Waals surface area (Å²) in [6.45, 7) is -2.10. The first-order valence-corrected chi connectivity index (χ1v) is 7.31. The number of nitriles is 1. The van der Waals surface area contributed by atoms with Crippen LogP contribution < -0.4 is 14.4 Å². The SMILES string of the molecule is COc1ccc(N(CC(F)(F)F)C(=O)COc2cncc(C#N)c2)cc1. The van der Waals surface area contributed by atoms with Crippen LogP contribution in [0.2, 0.25) is 0 Å². The summed E-state index contributed by atoms with van der Waals surface area (Å²) in [5.74, 6) is -0.335. The lowest BCUT2D eigenvalue weighted by Gasteiger charge is -2.24. The van der Waals surface area contributed by atoms with Crippen molar-refractivity contribution in [3.05, 3.63) is 48.3 Å². The minimum Gasteiger partial charge on any atom is -0.497 e. The third kappa shape index (κ3) is 5.37. The van der Waals surface area contributed by atoms with Crippen LogP contribution in [-0.4, -0.2) is 37.3 Å². The van der Waals surface area contributed by atoms with E-state index in [1.807, 2.05) is 6.07 Å². The molecule has 0 saturated carbocycles. The number of carbonyl (C=O) groups excluding carboxylic acids is 1. The molecule has 0 radical (unpaired) electrons. The molecule has 1 heterocycles. The Morgan fingerprint density at radius 1 is 1.23 bits per heavy atom. The molecule has 0 aliphatic heterocycles. The number of carbonyl (C=O) groups is 1. The van der Waals surface area contributed by atoms with Crippen LogP contribution in [0.25, 0.3) is 0 Å². The molecule has 0 N–H and O–H groups in total. The van der Waals surface area contributed by atoms with Gasteiger partial charge in [-0.05, 0) is 24.3 Å². The molecule has 0 aliphatic rings. The van der Waals surface area contributed by atoms with Crippen LogP contribution in [0.4, 0.5) is 18.9 Å². The Morgan fingerprint density at radius 2 is 1.92 bits per heavy atom. The van der Waals surface area contributed by atoms with Crippen molar-refractivity contribution in [2.24, 2.45) is 0 Å². The van der Waals surface area contributed by atoms with Crippen LogP contribution in [-0.2, 0) is 4.79 Å². The first-order valence-electron chi connectivity index (χ1n) is 7.31. The number of amides is 1. The predicted molar refractivity (Wildman–Crippen MR) is 85.8 cm³/mol. The second kappa shape index (κ2) is 8.20. The summed E-state index contributed by atoms with van der Waals surface area (Å²) in [5, 5.41) is 8.79. The van der Waals surface area contributed by atoms with E-state index in [1.165, 1.54) is 49.8 Å². The normalized spacial score (nSPS) is 10.7. The minimum absolute atomic E-state index is 0.0561. The minimum atomic E-state index is -4.59. The van der Waals surface area contributed by atoms with Gasteiger partial charge >= 0.3 is 6.18 Å². The molecule has 0 bridgehead atoms. The zero-order chi connectivity index (χ0) is 19.2. The van der Waals surface area contributed by atoms with Gasteiger partial charge in [0.25, 0.3) is 5.91 Å². The van der Waals surface area contributed by atoms with Gasteiger partial charge in [0.1, 0.15) is 24.1 Å². The van der Waals surface area contributed by atoms with Gasteiger partial charge in [-0.2, -0.15) is 18.4 Å². The van der Waals surface area contributed by atoms with Gasteiger partial charge in [-0.3, -0.25) is 9.78 Å². The number of hydrogen-bond acceptors (Lipinski definition) is 5. The van der Waals surface area contributed by atoms with Crippen molar-refractivity contribution in [1.82, 2.24) is 4.98 Å². The number of anilines is 1. The molecule has 1 aromatic carbocycles. The summed E-state index contributed by atoms with van der Waals surface area (Å²) in [5.41, 5.74) is 0.262. The van der Waals surface area contributed by atoms with Crippen LogP contribution in [0.3, 0.4) is 0 Å². The zero-order valence-corrected chi connectivity index (χ0v) is 13.7. The summed E-state index contributed by atoms with van der Waals surface area (Å²) >= 11 is 0. The fourth-order valence-corrected chi connectivity index (χ4v) is 2.05. The fraction of sp³-hybridized carbons (Fsp3) is 0.235. The average Bonchev–Trinajstić information content (AvgIpc) is 2.63. The third-order valence-electron chi connectivity index (χ3n) is 3.23. The van der Waals surface area contributed by atoms with Crippen LogP contribution in [0.5, 0.6) is 11.5 Å². The molecule has 1 amide bonds. The molecule has 0 unspecified atom stereocenters. The van der Waals surface area contributed by atoms with E-state index in [1.54, 1.807) is 0 Å². The molecule has 9 heteroatoms. The van der Waals surface area contributed by atoms with E-state index in [9.17, 15) is 18.0 Å². The molecule has 0 aliphatic carbocycles. The fourth-order valence-electron chi connectivity index (χ4n) is 2.05. The monoisotopic (exact) mass is 365 g/mol. The number of hydrogen-bond donors (Lipinski definition) is 0. The number of halogens is 3. The van der Waals surface area contributed by atoms with Crippen LogP contribution >= 0.6 is 0 Å². The molecule has 2 aromatic rings. The van der Waals surface area contributed by atoms with Crippen molar-refractivity contribution in [2.45, 2.75) is 6.18 Å². The summed E-state index contributed by atoms with van der Waals surface area (Å²) < 4.78 is 48.7. The topological polar surface area (TPSA) is 75.4 Å². The maximum Gasteiger partial charge on any atom is 0.406 e.